The van der Waals surface area contributed by atoms with Crippen LogP contribution in [0.15, 0.2) is 4.99 Å². The van der Waals surface area contributed by atoms with Crippen LogP contribution in [0.2, 0.25) is 0 Å². The van der Waals surface area contributed by atoms with Crippen LogP contribution in [-0.2, 0) is 0 Å². The largest absolute Gasteiger partial charge is 0.370 e. The van der Waals surface area contributed by atoms with Gasteiger partial charge in [0.2, 0.25) is 0 Å². The van der Waals surface area contributed by atoms with Crippen LogP contribution >= 0.6 is 0 Å². The van der Waals surface area contributed by atoms with Crippen LogP contribution < -0.4 is 11.1 Å². The molecule has 0 aromatic rings. The van der Waals surface area contributed by atoms with Gasteiger partial charge in [0.25, 0.3) is 0 Å². The fraction of sp³-hybridized carbons (Fsp3) is 0.917. The first-order valence-corrected chi connectivity index (χ1v) is 6.18. The zero-order chi connectivity index (χ0) is 10.9. The Hall–Kier alpha value is -0.730. The lowest BCUT2D eigenvalue weighted by molar-refractivity contribution is 0.145. The maximum absolute atomic E-state index is 5.92. The van der Waals surface area contributed by atoms with E-state index in [1.54, 1.807) is 0 Å². The molecule has 2 aliphatic carbocycles. The van der Waals surface area contributed by atoms with Crippen LogP contribution in [0.4, 0.5) is 0 Å². The maximum Gasteiger partial charge on any atom is 0.189 e. The molecule has 2 rings (SSSR count). The molecule has 0 aromatic carbocycles. The molecule has 0 amide bonds. The lowest BCUT2D eigenvalue weighted by atomic mass is 9.68. The zero-order valence-corrected chi connectivity index (χ0v) is 9.92. The summed E-state index contributed by atoms with van der Waals surface area (Å²) >= 11 is 0. The number of hydrogen-bond acceptors (Lipinski definition) is 1. The highest BCUT2D eigenvalue weighted by atomic mass is 15.1. The third-order valence-corrected chi connectivity index (χ3v) is 3.97. The summed E-state index contributed by atoms with van der Waals surface area (Å²) in [6, 6.07) is 1.02. The lowest BCUT2D eigenvalue weighted by Crippen LogP contribution is -2.44. The minimum Gasteiger partial charge on any atom is -0.370 e. The lowest BCUT2D eigenvalue weighted by Gasteiger charge is -2.41. The first-order valence-electron chi connectivity index (χ1n) is 6.18. The van der Waals surface area contributed by atoms with Crippen molar-refractivity contribution in [1.82, 2.24) is 5.32 Å². The number of nitrogens with two attached hydrogens (primary N) is 1. The van der Waals surface area contributed by atoms with E-state index in [4.69, 9.17) is 5.73 Å². The van der Waals surface area contributed by atoms with E-state index in [0.717, 1.165) is 0 Å². The second-order valence-corrected chi connectivity index (χ2v) is 5.68. The van der Waals surface area contributed by atoms with Gasteiger partial charge in [0.1, 0.15) is 0 Å². The first-order chi connectivity index (χ1) is 7.08. The molecule has 0 aliphatic heterocycles. The number of nitrogens with one attached hydrogen (secondary N) is 1. The van der Waals surface area contributed by atoms with Crippen molar-refractivity contribution in [2.45, 2.75) is 64.5 Å². The van der Waals surface area contributed by atoms with Crippen molar-refractivity contribution in [2.75, 3.05) is 0 Å². The molecule has 0 radical (unpaired) electrons. The Kier molecular flexibility index (Phi) is 2.89. The summed E-state index contributed by atoms with van der Waals surface area (Å²) in [5, 5.41) is 3.34. The standard InChI is InChI=1S/C12H23N3/c1-12(2)8-7-10(12)15-11(13)14-9-5-3-4-6-9/h9-10H,3-8H2,1-2H3,(H3,13,14,15). The Balaban J connectivity index is 1.84. The van der Waals surface area contributed by atoms with Gasteiger partial charge in [-0.1, -0.05) is 26.7 Å². The maximum atomic E-state index is 5.92. The molecule has 2 aliphatic rings. The molecule has 0 bridgehead atoms. The average Bonchev–Trinajstić information content (AvgIpc) is 2.65. The van der Waals surface area contributed by atoms with Gasteiger partial charge < -0.3 is 11.1 Å². The summed E-state index contributed by atoms with van der Waals surface area (Å²) in [6.07, 6.45) is 7.65. The molecule has 0 aromatic heterocycles. The van der Waals surface area contributed by atoms with E-state index in [2.05, 4.69) is 24.2 Å². The van der Waals surface area contributed by atoms with Gasteiger partial charge in [-0.15, -0.1) is 0 Å². The molecule has 3 N–H and O–H groups in total. The highest BCUT2D eigenvalue weighted by molar-refractivity contribution is 5.78. The second-order valence-electron chi connectivity index (χ2n) is 5.68. The molecule has 1 atom stereocenters. The summed E-state index contributed by atoms with van der Waals surface area (Å²) in [4.78, 5) is 4.58. The summed E-state index contributed by atoms with van der Waals surface area (Å²) in [5.74, 6) is 0.666. The Morgan fingerprint density at radius 2 is 1.93 bits per heavy atom. The molecule has 86 valence electrons. The number of hydrogen-bond donors (Lipinski definition) is 2. The van der Waals surface area contributed by atoms with Crippen LogP contribution in [-0.4, -0.2) is 18.0 Å². The average molecular weight is 209 g/mol. The Labute approximate surface area is 92.5 Å². The van der Waals surface area contributed by atoms with Crippen molar-refractivity contribution in [3.05, 3.63) is 0 Å². The van der Waals surface area contributed by atoms with Gasteiger partial charge in [-0.3, -0.25) is 0 Å². The van der Waals surface area contributed by atoms with Gasteiger partial charge >= 0.3 is 0 Å². The minimum absolute atomic E-state index is 0.363. The first kappa shape index (κ1) is 10.8. The van der Waals surface area contributed by atoms with Crippen molar-refractivity contribution >= 4 is 5.96 Å². The van der Waals surface area contributed by atoms with E-state index in [1.807, 2.05) is 0 Å². The van der Waals surface area contributed by atoms with Crippen LogP contribution in [0, 0.1) is 5.41 Å². The molecule has 2 saturated carbocycles. The van der Waals surface area contributed by atoms with Crippen molar-refractivity contribution in [2.24, 2.45) is 16.1 Å². The summed E-state index contributed by atoms with van der Waals surface area (Å²) < 4.78 is 0. The van der Waals surface area contributed by atoms with Crippen LogP contribution in [0.1, 0.15) is 52.4 Å². The molecule has 0 saturated heterocycles. The van der Waals surface area contributed by atoms with Gasteiger partial charge in [-0.25, -0.2) is 4.99 Å². The SMILES string of the molecule is CC1(C)CCC1N=C(N)NC1CCCC1. The highest BCUT2D eigenvalue weighted by Gasteiger charge is 2.38. The normalized spacial score (nSPS) is 31.3. The smallest absolute Gasteiger partial charge is 0.189 e. The predicted molar refractivity (Wildman–Crippen MR) is 63.8 cm³/mol. The molecule has 3 nitrogen and oxygen atoms in total. The number of guanidine groups is 1. The number of aliphatic imine (C=N–C) groups is 1. The molecule has 15 heavy (non-hydrogen) atoms. The van der Waals surface area contributed by atoms with E-state index >= 15 is 0 Å². The fourth-order valence-electron chi connectivity index (χ4n) is 2.57. The van der Waals surface area contributed by atoms with Gasteiger partial charge in [0.15, 0.2) is 5.96 Å². The number of rotatable bonds is 2. The molecular formula is C12H23N3. The summed E-state index contributed by atoms with van der Waals surface area (Å²) in [5.41, 5.74) is 6.29. The molecule has 0 heterocycles. The van der Waals surface area contributed by atoms with Crippen LogP contribution in [0.5, 0.6) is 0 Å². The van der Waals surface area contributed by atoms with Gasteiger partial charge in [0.05, 0.1) is 6.04 Å². The summed E-state index contributed by atoms with van der Waals surface area (Å²) in [7, 11) is 0. The summed E-state index contributed by atoms with van der Waals surface area (Å²) in [6.45, 7) is 4.54. The Morgan fingerprint density at radius 3 is 2.40 bits per heavy atom. The van der Waals surface area contributed by atoms with Crippen LogP contribution in [0.25, 0.3) is 0 Å². The highest BCUT2D eigenvalue weighted by Crippen LogP contribution is 2.42. The van der Waals surface area contributed by atoms with E-state index in [0.29, 0.717) is 23.5 Å². The van der Waals surface area contributed by atoms with Crippen molar-refractivity contribution in [3.8, 4) is 0 Å². The molecular weight excluding hydrogens is 186 g/mol. The van der Waals surface area contributed by atoms with Crippen molar-refractivity contribution < 1.29 is 0 Å². The topological polar surface area (TPSA) is 50.4 Å². The fourth-order valence-corrected chi connectivity index (χ4v) is 2.57. The zero-order valence-electron chi connectivity index (χ0n) is 9.92. The van der Waals surface area contributed by atoms with E-state index in [1.165, 1.54) is 38.5 Å². The Bertz CT molecular complexity index is 252. The second kappa shape index (κ2) is 4.03. The van der Waals surface area contributed by atoms with Crippen LogP contribution in [0.3, 0.4) is 0 Å². The quantitative estimate of drug-likeness (QED) is 0.540. The monoisotopic (exact) mass is 209 g/mol. The third kappa shape index (κ3) is 2.44. The van der Waals surface area contributed by atoms with Crippen molar-refractivity contribution in [1.29, 1.82) is 0 Å². The molecule has 0 spiro atoms. The van der Waals surface area contributed by atoms with E-state index in [9.17, 15) is 0 Å². The Morgan fingerprint density at radius 1 is 1.27 bits per heavy atom. The molecule has 1 unspecified atom stereocenters. The third-order valence-electron chi connectivity index (χ3n) is 3.97. The molecule has 3 heteroatoms. The van der Waals surface area contributed by atoms with E-state index < -0.39 is 0 Å². The van der Waals surface area contributed by atoms with Gasteiger partial charge in [-0.05, 0) is 31.1 Å². The van der Waals surface area contributed by atoms with Crippen molar-refractivity contribution in [3.63, 3.8) is 0 Å². The predicted octanol–water partition coefficient (Wildman–Crippen LogP) is 2.02. The van der Waals surface area contributed by atoms with Gasteiger partial charge in [-0.2, -0.15) is 0 Å². The van der Waals surface area contributed by atoms with Gasteiger partial charge in [0, 0.05) is 6.04 Å². The van der Waals surface area contributed by atoms with E-state index in [-0.39, 0.29) is 0 Å². The number of nitrogens with zero attached hydrogens (tertiary/aromatic N) is 1. The minimum atomic E-state index is 0.363. The molecule has 2 fully saturated rings.